The first-order valence-corrected chi connectivity index (χ1v) is 7.43. The molecule has 0 fully saturated rings. The Morgan fingerprint density at radius 3 is 2.62 bits per heavy atom. The molecule has 84 valence electrons. The van der Waals surface area contributed by atoms with Crippen molar-refractivity contribution in [3.63, 3.8) is 0 Å². The highest BCUT2D eigenvalue weighted by atomic mass is 79.9. The third-order valence-electron chi connectivity index (χ3n) is 2.37. The fourth-order valence-electron chi connectivity index (χ4n) is 1.49. The number of halogens is 1. The van der Waals surface area contributed by atoms with Crippen LogP contribution in [0.3, 0.4) is 0 Å². The Morgan fingerprint density at radius 1 is 1.38 bits per heavy atom. The Morgan fingerprint density at radius 2 is 2.12 bits per heavy atom. The van der Waals surface area contributed by atoms with Gasteiger partial charge in [0.15, 0.2) is 0 Å². The predicted molar refractivity (Wildman–Crippen MR) is 73.9 cm³/mol. The zero-order chi connectivity index (χ0) is 11.7. The smallest absolute Gasteiger partial charge is 0.204 e. The normalized spacial score (nSPS) is 10.7. The SMILES string of the molecule is CCc1ccc(C(=O)c2cc(Br)sc2C)s1. The Labute approximate surface area is 111 Å². The molecule has 0 unspecified atom stereocenters. The zero-order valence-corrected chi connectivity index (χ0v) is 12.3. The minimum absolute atomic E-state index is 0.143. The average Bonchev–Trinajstić information content (AvgIpc) is 2.84. The minimum Gasteiger partial charge on any atom is -0.288 e. The molecule has 4 heteroatoms. The summed E-state index contributed by atoms with van der Waals surface area (Å²) in [7, 11) is 0. The largest absolute Gasteiger partial charge is 0.288 e. The maximum Gasteiger partial charge on any atom is 0.204 e. The van der Waals surface area contributed by atoms with Crippen LogP contribution < -0.4 is 0 Å². The Kier molecular flexibility index (Phi) is 3.62. The molecule has 1 nitrogen and oxygen atoms in total. The fourth-order valence-corrected chi connectivity index (χ4v) is 4.08. The molecule has 2 rings (SSSR count). The van der Waals surface area contributed by atoms with Crippen molar-refractivity contribution in [2.75, 3.05) is 0 Å². The topological polar surface area (TPSA) is 17.1 Å². The first kappa shape index (κ1) is 12.0. The molecule has 16 heavy (non-hydrogen) atoms. The quantitative estimate of drug-likeness (QED) is 0.752. The van der Waals surface area contributed by atoms with E-state index in [2.05, 4.69) is 22.9 Å². The van der Waals surface area contributed by atoms with E-state index in [-0.39, 0.29) is 5.78 Å². The number of hydrogen-bond acceptors (Lipinski definition) is 3. The van der Waals surface area contributed by atoms with Crippen LogP contribution in [0.15, 0.2) is 22.0 Å². The second kappa shape index (κ2) is 4.82. The molecular formula is C12H11BrOS2. The van der Waals surface area contributed by atoms with Crippen molar-refractivity contribution in [3.05, 3.63) is 42.2 Å². The van der Waals surface area contributed by atoms with Crippen LogP contribution in [0.2, 0.25) is 0 Å². The summed E-state index contributed by atoms with van der Waals surface area (Å²) in [5, 5.41) is 0. The lowest BCUT2D eigenvalue weighted by atomic mass is 10.1. The van der Waals surface area contributed by atoms with E-state index in [9.17, 15) is 4.79 Å². The van der Waals surface area contributed by atoms with Gasteiger partial charge >= 0.3 is 0 Å². The van der Waals surface area contributed by atoms with Gasteiger partial charge in [0.05, 0.1) is 8.66 Å². The number of carbonyl (C=O) groups is 1. The Balaban J connectivity index is 2.35. The van der Waals surface area contributed by atoms with E-state index in [1.165, 1.54) is 4.88 Å². The summed E-state index contributed by atoms with van der Waals surface area (Å²) in [4.78, 5) is 15.4. The Bertz CT molecular complexity index is 525. The third kappa shape index (κ3) is 2.29. The summed E-state index contributed by atoms with van der Waals surface area (Å²) in [6, 6.07) is 5.87. The molecule has 0 atom stereocenters. The van der Waals surface area contributed by atoms with Gasteiger partial charge in [-0.05, 0) is 47.5 Å². The van der Waals surface area contributed by atoms with E-state index in [0.29, 0.717) is 0 Å². The van der Waals surface area contributed by atoms with Crippen LogP contribution >= 0.6 is 38.6 Å². The number of rotatable bonds is 3. The lowest BCUT2D eigenvalue weighted by molar-refractivity contribution is 0.104. The van der Waals surface area contributed by atoms with Gasteiger partial charge in [0.25, 0.3) is 0 Å². The number of carbonyl (C=O) groups excluding carboxylic acids is 1. The standard InChI is InChI=1S/C12H11BrOS2/c1-3-8-4-5-10(16-8)12(14)9-6-11(13)15-7(9)2/h4-6H,3H2,1-2H3. The van der Waals surface area contributed by atoms with Crippen molar-refractivity contribution < 1.29 is 4.79 Å². The molecule has 2 aromatic rings. The van der Waals surface area contributed by atoms with Crippen LogP contribution in [-0.2, 0) is 6.42 Å². The summed E-state index contributed by atoms with van der Waals surface area (Å²) >= 11 is 6.61. The first-order chi connectivity index (χ1) is 7.61. The van der Waals surface area contributed by atoms with Crippen molar-refractivity contribution in [1.29, 1.82) is 0 Å². The molecule has 0 aromatic carbocycles. The van der Waals surface area contributed by atoms with E-state index < -0.39 is 0 Å². The van der Waals surface area contributed by atoms with Gasteiger partial charge in [-0.1, -0.05) is 6.92 Å². The number of ketones is 1. The molecule has 0 amide bonds. The highest BCUT2D eigenvalue weighted by Crippen LogP contribution is 2.29. The van der Waals surface area contributed by atoms with E-state index in [4.69, 9.17) is 0 Å². The van der Waals surface area contributed by atoms with Crippen LogP contribution in [0.4, 0.5) is 0 Å². The lowest BCUT2D eigenvalue weighted by Gasteiger charge is -1.95. The number of hydrogen-bond donors (Lipinski definition) is 0. The van der Waals surface area contributed by atoms with E-state index in [0.717, 1.165) is 25.5 Å². The Hall–Kier alpha value is -0.450. The zero-order valence-electron chi connectivity index (χ0n) is 9.04. The van der Waals surface area contributed by atoms with E-state index in [1.54, 1.807) is 22.7 Å². The first-order valence-electron chi connectivity index (χ1n) is 5.01. The molecule has 0 aliphatic rings. The summed E-state index contributed by atoms with van der Waals surface area (Å²) in [5.74, 6) is 0.143. The van der Waals surface area contributed by atoms with Crippen LogP contribution in [0.1, 0.15) is 31.9 Å². The molecule has 2 heterocycles. The van der Waals surface area contributed by atoms with Gasteiger partial charge in [-0.2, -0.15) is 0 Å². The third-order valence-corrected chi connectivity index (χ3v) is 5.15. The summed E-state index contributed by atoms with van der Waals surface area (Å²) < 4.78 is 1.01. The summed E-state index contributed by atoms with van der Waals surface area (Å²) in [5.41, 5.74) is 0.821. The summed E-state index contributed by atoms with van der Waals surface area (Å²) in [6.07, 6.45) is 0.990. The minimum atomic E-state index is 0.143. The molecular weight excluding hydrogens is 304 g/mol. The molecule has 0 bridgehead atoms. The highest BCUT2D eigenvalue weighted by Gasteiger charge is 2.16. The molecule has 0 N–H and O–H groups in total. The summed E-state index contributed by atoms with van der Waals surface area (Å²) in [6.45, 7) is 4.09. The van der Waals surface area contributed by atoms with Gasteiger partial charge in [-0.3, -0.25) is 4.79 Å². The predicted octanol–water partition coefficient (Wildman–Crippen LogP) is 4.67. The molecule has 0 spiro atoms. The molecule has 0 aliphatic carbocycles. The van der Waals surface area contributed by atoms with Gasteiger partial charge in [-0.15, -0.1) is 22.7 Å². The van der Waals surface area contributed by atoms with Crippen molar-refractivity contribution in [3.8, 4) is 0 Å². The molecule has 0 saturated carbocycles. The molecule has 0 saturated heterocycles. The number of thiophene rings is 2. The molecule has 0 radical (unpaired) electrons. The van der Waals surface area contributed by atoms with Gasteiger partial charge in [0, 0.05) is 15.3 Å². The fraction of sp³-hybridized carbons (Fsp3) is 0.250. The van der Waals surface area contributed by atoms with Crippen molar-refractivity contribution in [2.24, 2.45) is 0 Å². The van der Waals surface area contributed by atoms with Gasteiger partial charge in [-0.25, -0.2) is 0 Å². The molecule has 2 aromatic heterocycles. The maximum absolute atomic E-state index is 12.2. The second-order valence-electron chi connectivity index (χ2n) is 3.47. The van der Waals surface area contributed by atoms with Gasteiger partial charge in [0.1, 0.15) is 0 Å². The van der Waals surface area contributed by atoms with Gasteiger partial charge < -0.3 is 0 Å². The average molecular weight is 315 g/mol. The maximum atomic E-state index is 12.2. The van der Waals surface area contributed by atoms with Crippen molar-refractivity contribution >= 4 is 44.4 Å². The van der Waals surface area contributed by atoms with Crippen LogP contribution in [0.5, 0.6) is 0 Å². The van der Waals surface area contributed by atoms with Gasteiger partial charge in [0.2, 0.25) is 5.78 Å². The van der Waals surface area contributed by atoms with Crippen molar-refractivity contribution in [1.82, 2.24) is 0 Å². The van der Waals surface area contributed by atoms with E-state index >= 15 is 0 Å². The highest BCUT2D eigenvalue weighted by molar-refractivity contribution is 9.11. The second-order valence-corrected chi connectivity index (χ2v) is 7.27. The van der Waals surface area contributed by atoms with Crippen LogP contribution in [-0.4, -0.2) is 5.78 Å². The number of aryl methyl sites for hydroxylation is 2. The van der Waals surface area contributed by atoms with E-state index in [1.807, 2.05) is 25.1 Å². The monoisotopic (exact) mass is 314 g/mol. The lowest BCUT2D eigenvalue weighted by Crippen LogP contribution is -1.97. The van der Waals surface area contributed by atoms with Crippen LogP contribution in [0, 0.1) is 6.92 Å². The molecule has 0 aliphatic heterocycles. The van der Waals surface area contributed by atoms with Crippen molar-refractivity contribution in [2.45, 2.75) is 20.3 Å². The van der Waals surface area contributed by atoms with Crippen LogP contribution in [0.25, 0.3) is 0 Å².